The summed E-state index contributed by atoms with van der Waals surface area (Å²) < 4.78 is 0. The average molecular weight is 272 g/mol. The lowest BCUT2D eigenvalue weighted by molar-refractivity contribution is -0.384. The van der Waals surface area contributed by atoms with Crippen molar-refractivity contribution in [2.45, 2.75) is 18.9 Å². The molecule has 0 amide bonds. The van der Waals surface area contributed by atoms with Crippen molar-refractivity contribution in [2.75, 3.05) is 25.0 Å². The Bertz CT molecular complexity index is 581. The fraction of sp³-hybridized carbons (Fsp3) is 0.500. The summed E-state index contributed by atoms with van der Waals surface area (Å²) in [6.07, 6.45) is 2.25. The van der Waals surface area contributed by atoms with Crippen LogP contribution in [0.1, 0.15) is 18.4 Å². The van der Waals surface area contributed by atoms with Crippen LogP contribution in [0.4, 0.5) is 11.4 Å². The zero-order valence-electron chi connectivity index (χ0n) is 11.1. The molecule has 0 aliphatic carbocycles. The summed E-state index contributed by atoms with van der Waals surface area (Å²) >= 11 is 0. The van der Waals surface area contributed by atoms with Crippen molar-refractivity contribution in [3.8, 4) is 6.07 Å². The van der Waals surface area contributed by atoms with Crippen LogP contribution < -0.4 is 5.32 Å². The smallest absolute Gasteiger partial charge is 0.270 e. The van der Waals surface area contributed by atoms with Gasteiger partial charge in [0.1, 0.15) is 6.07 Å². The maximum atomic E-state index is 10.7. The minimum atomic E-state index is -0.472. The molecule has 104 valence electrons. The number of nitrogens with one attached hydrogen (secondary N) is 1. The molecule has 6 nitrogen and oxygen atoms in total. The first-order valence-electron chi connectivity index (χ1n) is 6.85. The van der Waals surface area contributed by atoms with E-state index in [2.05, 4.69) is 10.2 Å². The van der Waals surface area contributed by atoms with E-state index in [1.54, 1.807) is 6.07 Å². The van der Waals surface area contributed by atoms with Crippen LogP contribution in [-0.2, 0) is 0 Å². The summed E-state index contributed by atoms with van der Waals surface area (Å²) in [4.78, 5) is 12.7. The molecule has 20 heavy (non-hydrogen) atoms. The van der Waals surface area contributed by atoms with Crippen LogP contribution in [0.3, 0.4) is 0 Å². The minimum Gasteiger partial charge on any atom is -0.381 e. The van der Waals surface area contributed by atoms with Crippen LogP contribution in [0, 0.1) is 27.4 Å². The molecular formula is C14H16N4O2. The van der Waals surface area contributed by atoms with Gasteiger partial charge >= 0.3 is 0 Å². The second-order valence-corrected chi connectivity index (χ2v) is 5.49. The highest BCUT2D eigenvalue weighted by Crippen LogP contribution is 2.31. The molecule has 0 radical (unpaired) electrons. The molecule has 2 saturated heterocycles. The molecule has 3 unspecified atom stereocenters. The molecular weight excluding hydrogens is 256 g/mol. The summed E-state index contributed by atoms with van der Waals surface area (Å²) in [5.74, 6) is 0.616. The van der Waals surface area contributed by atoms with Gasteiger partial charge in [-0.2, -0.15) is 5.26 Å². The number of piperidine rings is 1. The Kier molecular flexibility index (Phi) is 3.28. The lowest BCUT2D eigenvalue weighted by Gasteiger charge is -2.31. The van der Waals surface area contributed by atoms with Crippen molar-refractivity contribution in [3.63, 3.8) is 0 Å². The predicted octanol–water partition coefficient (Wildman–Crippen LogP) is 1.97. The van der Waals surface area contributed by atoms with Gasteiger partial charge < -0.3 is 10.2 Å². The van der Waals surface area contributed by atoms with Crippen molar-refractivity contribution in [1.29, 1.82) is 5.26 Å². The molecule has 0 aromatic heterocycles. The normalized spacial score (nSPS) is 27.9. The standard InChI is InChI=1S/C14H16N4O2/c15-8-11-7-12(18(19)20)1-2-13(11)16-14-4-6-17-5-3-10(14)9-17/h1-2,7,10,14,16H,3-6,9H2. The van der Waals surface area contributed by atoms with E-state index >= 15 is 0 Å². The summed E-state index contributed by atoms with van der Waals surface area (Å²) in [7, 11) is 0. The van der Waals surface area contributed by atoms with Crippen LogP contribution in [0.15, 0.2) is 18.2 Å². The monoisotopic (exact) mass is 272 g/mol. The lowest BCUT2D eigenvalue weighted by atomic mass is 9.93. The summed E-state index contributed by atoms with van der Waals surface area (Å²) in [5.41, 5.74) is 1.02. The number of anilines is 1. The second-order valence-electron chi connectivity index (χ2n) is 5.49. The number of hydrogen-bond acceptors (Lipinski definition) is 5. The Morgan fingerprint density at radius 1 is 1.40 bits per heavy atom. The number of nitrogens with zero attached hydrogens (tertiary/aromatic N) is 3. The zero-order chi connectivity index (χ0) is 14.1. The molecule has 2 aliphatic heterocycles. The lowest BCUT2D eigenvalue weighted by Crippen LogP contribution is -2.39. The van der Waals surface area contributed by atoms with Gasteiger partial charge in [-0.1, -0.05) is 0 Å². The highest BCUT2D eigenvalue weighted by Gasteiger charge is 2.34. The number of nitro benzene ring substituents is 1. The van der Waals surface area contributed by atoms with Crippen molar-refractivity contribution in [3.05, 3.63) is 33.9 Å². The van der Waals surface area contributed by atoms with Crippen LogP contribution in [0.25, 0.3) is 0 Å². The molecule has 0 saturated carbocycles. The number of non-ortho nitro benzene ring substituents is 1. The maximum absolute atomic E-state index is 10.7. The number of nitro groups is 1. The van der Waals surface area contributed by atoms with Gasteiger partial charge in [0.15, 0.2) is 0 Å². The first kappa shape index (κ1) is 12.9. The molecule has 1 N–H and O–H groups in total. The number of nitriles is 1. The van der Waals surface area contributed by atoms with Gasteiger partial charge in [0.2, 0.25) is 0 Å². The number of fused-ring (bicyclic) bond motifs is 2. The third-order valence-electron chi connectivity index (χ3n) is 4.31. The van der Waals surface area contributed by atoms with Crippen LogP contribution >= 0.6 is 0 Å². The van der Waals surface area contributed by atoms with Crippen molar-refractivity contribution >= 4 is 11.4 Å². The van der Waals surface area contributed by atoms with Crippen LogP contribution in [0.2, 0.25) is 0 Å². The fourth-order valence-electron chi connectivity index (χ4n) is 3.21. The zero-order valence-corrected chi connectivity index (χ0v) is 11.1. The Balaban J connectivity index is 1.80. The van der Waals surface area contributed by atoms with Crippen molar-refractivity contribution < 1.29 is 4.92 Å². The van der Waals surface area contributed by atoms with E-state index in [9.17, 15) is 10.1 Å². The highest BCUT2D eigenvalue weighted by molar-refractivity contribution is 5.61. The topological polar surface area (TPSA) is 82.2 Å². The minimum absolute atomic E-state index is 0.0391. The maximum Gasteiger partial charge on any atom is 0.270 e. The predicted molar refractivity (Wildman–Crippen MR) is 74.4 cm³/mol. The number of rotatable bonds is 3. The van der Waals surface area contributed by atoms with E-state index < -0.39 is 4.92 Å². The van der Waals surface area contributed by atoms with Gasteiger partial charge in [0.05, 0.1) is 16.2 Å². The number of benzene rings is 1. The van der Waals surface area contributed by atoms with Crippen LogP contribution in [0.5, 0.6) is 0 Å². The number of hydrogen-bond donors (Lipinski definition) is 1. The van der Waals surface area contributed by atoms with E-state index in [1.807, 2.05) is 6.07 Å². The Labute approximate surface area is 117 Å². The molecule has 1 aromatic carbocycles. The van der Waals surface area contributed by atoms with Gasteiger partial charge in [-0.3, -0.25) is 10.1 Å². The first-order valence-corrected chi connectivity index (χ1v) is 6.85. The van der Waals surface area contributed by atoms with Gasteiger partial charge in [-0.05, 0) is 31.4 Å². The third kappa shape index (κ3) is 2.32. The molecule has 1 aromatic rings. The van der Waals surface area contributed by atoms with Gasteiger partial charge in [0.25, 0.3) is 5.69 Å². The third-order valence-corrected chi connectivity index (χ3v) is 4.31. The summed E-state index contributed by atoms with van der Waals surface area (Å²) in [6.45, 7) is 3.36. The van der Waals surface area contributed by atoms with E-state index in [0.717, 1.165) is 26.1 Å². The van der Waals surface area contributed by atoms with Gasteiger partial charge in [-0.25, -0.2) is 0 Å². The molecule has 0 spiro atoms. The summed E-state index contributed by atoms with van der Waals surface area (Å²) in [5, 5.41) is 23.3. The summed E-state index contributed by atoms with van der Waals surface area (Å²) in [6, 6.07) is 6.85. The molecule has 2 bridgehead atoms. The van der Waals surface area contributed by atoms with E-state index in [-0.39, 0.29) is 5.69 Å². The highest BCUT2D eigenvalue weighted by atomic mass is 16.6. The first-order chi connectivity index (χ1) is 9.67. The van der Waals surface area contributed by atoms with Gasteiger partial charge in [0, 0.05) is 31.3 Å². The van der Waals surface area contributed by atoms with E-state index in [0.29, 0.717) is 23.2 Å². The second kappa shape index (κ2) is 5.10. The molecule has 3 atom stereocenters. The SMILES string of the molecule is N#Cc1cc([N+](=O)[O-])ccc1NC1CCN2CCC1C2. The molecule has 6 heteroatoms. The largest absolute Gasteiger partial charge is 0.381 e. The quantitative estimate of drug-likeness (QED) is 0.672. The van der Waals surface area contributed by atoms with Gasteiger partial charge in [-0.15, -0.1) is 0 Å². The van der Waals surface area contributed by atoms with Crippen molar-refractivity contribution in [1.82, 2.24) is 4.90 Å². The molecule has 2 heterocycles. The van der Waals surface area contributed by atoms with E-state index in [4.69, 9.17) is 5.26 Å². The molecule has 2 fully saturated rings. The van der Waals surface area contributed by atoms with Crippen molar-refractivity contribution in [2.24, 2.45) is 5.92 Å². The molecule has 3 rings (SSSR count). The Morgan fingerprint density at radius 2 is 2.20 bits per heavy atom. The van der Waals surface area contributed by atoms with E-state index in [1.165, 1.54) is 18.6 Å². The Morgan fingerprint density at radius 3 is 2.95 bits per heavy atom. The fourth-order valence-corrected chi connectivity index (χ4v) is 3.21. The average Bonchev–Trinajstić information content (AvgIpc) is 2.84. The molecule has 2 aliphatic rings. The Hall–Kier alpha value is -2.13. The van der Waals surface area contributed by atoms with Crippen LogP contribution in [-0.4, -0.2) is 35.5 Å².